The Balaban J connectivity index is 1.73. The second-order valence-electron chi connectivity index (χ2n) is 9.62. The van der Waals surface area contributed by atoms with Gasteiger partial charge in [-0.25, -0.2) is 0 Å². The number of amides is 2. The molecular formula is C24H36ClN3O3. The number of carbonyl (C=O) groups excluding carboxylic acids is 2. The van der Waals surface area contributed by atoms with Crippen LogP contribution in [-0.2, 0) is 9.59 Å². The Bertz CT molecular complexity index is 747. The predicted molar refractivity (Wildman–Crippen MR) is 123 cm³/mol. The number of carbonyl (C=O) groups is 2. The van der Waals surface area contributed by atoms with Gasteiger partial charge in [-0.15, -0.1) is 0 Å². The van der Waals surface area contributed by atoms with Crippen LogP contribution in [0.1, 0.15) is 39.5 Å². The van der Waals surface area contributed by atoms with Crippen LogP contribution in [0.3, 0.4) is 0 Å². The molecule has 0 N–H and O–H groups in total. The quantitative estimate of drug-likeness (QED) is 0.639. The highest BCUT2D eigenvalue weighted by molar-refractivity contribution is 6.30. The summed E-state index contributed by atoms with van der Waals surface area (Å²) in [5.41, 5.74) is -0.370. The second kappa shape index (κ2) is 10.7. The normalized spacial score (nSPS) is 22.6. The molecule has 0 saturated carbocycles. The number of likely N-dealkylation sites (tertiary alicyclic amines) is 1. The third kappa shape index (κ3) is 6.84. The van der Waals surface area contributed by atoms with Crippen LogP contribution in [0.5, 0.6) is 5.75 Å². The summed E-state index contributed by atoms with van der Waals surface area (Å²) in [6.45, 7) is 9.21. The summed E-state index contributed by atoms with van der Waals surface area (Å²) in [4.78, 5) is 32.2. The summed E-state index contributed by atoms with van der Waals surface area (Å²) >= 11 is 6.00. The van der Waals surface area contributed by atoms with Gasteiger partial charge in [0.1, 0.15) is 5.75 Å². The van der Waals surface area contributed by atoms with E-state index in [1.807, 2.05) is 21.9 Å². The lowest BCUT2D eigenvalue weighted by atomic mass is 9.77. The van der Waals surface area contributed by atoms with Gasteiger partial charge in [0.25, 0.3) is 0 Å². The van der Waals surface area contributed by atoms with E-state index in [1.54, 1.807) is 12.1 Å². The highest BCUT2D eigenvalue weighted by atomic mass is 35.5. The summed E-state index contributed by atoms with van der Waals surface area (Å²) in [6.07, 6.45) is 2.73. The molecule has 7 heteroatoms. The van der Waals surface area contributed by atoms with Gasteiger partial charge in [-0.2, -0.15) is 0 Å². The molecule has 0 spiro atoms. The third-order valence-corrected chi connectivity index (χ3v) is 6.59. The van der Waals surface area contributed by atoms with Crippen molar-refractivity contribution in [1.29, 1.82) is 0 Å². The fourth-order valence-corrected chi connectivity index (χ4v) is 4.59. The first kappa shape index (κ1) is 23.9. The van der Waals surface area contributed by atoms with Crippen LogP contribution in [0.25, 0.3) is 0 Å². The molecule has 6 nitrogen and oxygen atoms in total. The van der Waals surface area contributed by atoms with Crippen molar-refractivity contribution in [3.05, 3.63) is 29.3 Å². The van der Waals surface area contributed by atoms with E-state index >= 15 is 0 Å². The van der Waals surface area contributed by atoms with Gasteiger partial charge < -0.3 is 19.4 Å². The third-order valence-electron chi connectivity index (χ3n) is 6.34. The summed E-state index contributed by atoms with van der Waals surface area (Å²) in [7, 11) is 2.09. The molecule has 2 aliphatic heterocycles. The molecule has 1 atom stereocenters. The van der Waals surface area contributed by atoms with Crippen LogP contribution < -0.4 is 4.74 Å². The zero-order chi connectivity index (χ0) is 22.4. The highest BCUT2D eigenvalue weighted by Crippen LogP contribution is 2.36. The number of hydrogen-bond donors (Lipinski definition) is 0. The first-order chi connectivity index (χ1) is 14.8. The van der Waals surface area contributed by atoms with Crippen molar-refractivity contribution in [1.82, 2.24) is 14.7 Å². The van der Waals surface area contributed by atoms with Crippen LogP contribution in [0.2, 0.25) is 5.02 Å². The number of piperazine rings is 1. The number of hydrogen-bond acceptors (Lipinski definition) is 4. The van der Waals surface area contributed by atoms with Crippen molar-refractivity contribution in [2.75, 3.05) is 52.9 Å². The molecule has 2 aliphatic rings. The summed E-state index contributed by atoms with van der Waals surface area (Å²) in [5.74, 6) is 1.41. The second-order valence-corrected chi connectivity index (χ2v) is 10.1. The Morgan fingerprint density at radius 2 is 1.71 bits per heavy atom. The number of benzene rings is 1. The van der Waals surface area contributed by atoms with Gasteiger partial charge in [0.15, 0.2) is 0 Å². The largest absolute Gasteiger partial charge is 0.493 e. The van der Waals surface area contributed by atoms with Gasteiger partial charge in [0.2, 0.25) is 11.8 Å². The van der Waals surface area contributed by atoms with E-state index in [4.69, 9.17) is 16.3 Å². The average Bonchev–Trinajstić information content (AvgIpc) is 2.73. The van der Waals surface area contributed by atoms with Crippen LogP contribution >= 0.6 is 11.6 Å². The molecule has 0 radical (unpaired) electrons. The number of likely N-dealkylation sites (N-methyl/N-ethyl adjacent to an activating group) is 1. The van der Waals surface area contributed by atoms with E-state index in [2.05, 4.69) is 25.8 Å². The minimum absolute atomic E-state index is 0.172. The zero-order valence-electron chi connectivity index (χ0n) is 19.1. The van der Waals surface area contributed by atoms with Gasteiger partial charge in [-0.3, -0.25) is 9.59 Å². The van der Waals surface area contributed by atoms with Gasteiger partial charge >= 0.3 is 0 Å². The number of halogens is 1. The first-order valence-corrected chi connectivity index (χ1v) is 11.8. The topological polar surface area (TPSA) is 53.1 Å². The summed E-state index contributed by atoms with van der Waals surface area (Å²) < 4.78 is 6.14. The lowest BCUT2D eigenvalue weighted by Crippen LogP contribution is -2.53. The molecule has 1 unspecified atom stereocenters. The molecule has 172 valence electrons. The van der Waals surface area contributed by atoms with Crippen molar-refractivity contribution in [2.45, 2.75) is 39.5 Å². The van der Waals surface area contributed by atoms with E-state index in [-0.39, 0.29) is 17.2 Å². The molecule has 2 heterocycles. The van der Waals surface area contributed by atoms with Crippen LogP contribution in [0, 0.1) is 11.3 Å². The number of ether oxygens (including phenoxy) is 1. The Kier molecular flexibility index (Phi) is 8.23. The summed E-state index contributed by atoms with van der Waals surface area (Å²) in [5, 5.41) is 0.662. The van der Waals surface area contributed by atoms with Gasteiger partial charge in [0.05, 0.1) is 6.61 Å². The zero-order valence-corrected chi connectivity index (χ0v) is 19.9. The van der Waals surface area contributed by atoms with Crippen molar-refractivity contribution in [3.8, 4) is 5.75 Å². The maximum atomic E-state index is 13.2. The molecule has 2 amide bonds. The number of piperidine rings is 1. The standard InChI is InChI=1S/C24H36ClN3O3/c1-19(2)15-22(29)28-10-4-9-24(17-28,18-31-21-7-5-20(25)6-8-21)16-23(30)27-13-11-26(3)12-14-27/h5-8,19H,4,9-18H2,1-3H3. The minimum Gasteiger partial charge on any atom is -0.493 e. The molecule has 3 rings (SSSR count). The van der Waals surface area contributed by atoms with Crippen LogP contribution in [0.15, 0.2) is 24.3 Å². The van der Waals surface area contributed by atoms with Crippen molar-refractivity contribution >= 4 is 23.4 Å². The van der Waals surface area contributed by atoms with E-state index < -0.39 is 0 Å². The van der Waals surface area contributed by atoms with E-state index in [1.165, 1.54) is 0 Å². The number of nitrogens with zero attached hydrogens (tertiary/aromatic N) is 3. The van der Waals surface area contributed by atoms with Crippen molar-refractivity contribution < 1.29 is 14.3 Å². The molecular weight excluding hydrogens is 414 g/mol. The molecule has 0 aromatic heterocycles. The fraction of sp³-hybridized carbons (Fsp3) is 0.667. The van der Waals surface area contributed by atoms with Crippen molar-refractivity contribution in [2.24, 2.45) is 11.3 Å². The minimum atomic E-state index is -0.370. The molecule has 1 aromatic rings. The lowest BCUT2D eigenvalue weighted by Gasteiger charge is -2.44. The molecule has 0 aliphatic carbocycles. The Hall–Kier alpha value is -1.79. The molecule has 2 fully saturated rings. The smallest absolute Gasteiger partial charge is 0.223 e. The molecule has 31 heavy (non-hydrogen) atoms. The van der Waals surface area contributed by atoms with Crippen LogP contribution in [-0.4, -0.2) is 79.4 Å². The molecule has 0 bridgehead atoms. The van der Waals surface area contributed by atoms with E-state index in [0.29, 0.717) is 36.9 Å². The van der Waals surface area contributed by atoms with Gasteiger partial charge in [-0.1, -0.05) is 25.4 Å². The Morgan fingerprint density at radius 3 is 2.35 bits per heavy atom. The fourth-order valence-electron chi connectivity index (χ4n) is 4.47. The van der Waals surface area contributed by atoms with E-state index in [0.717, 1.165) is 51.3 Å². The van der Waals surface area contributed by atoms with E-state index in [9.17, 15) is 9.59 Å². The maximum Gasteiger partial charge on any atom is 0.223 e. The maximum absolute atomic E-state index is 13.2. The number of rotatable bonds is 7. The van der Waals surface area contributed by atoms with Crippen molar-refractivity contribution in [3.63, 3.8) is 0 Å². The Labute approximate surface area is 191 Å². The first-order valence-electron chi connectivity index (χ1n) is 11.4. The Morgan fingerprint density at radius 1 is 1.03 bits per heavy atom. The van der Waals surface area contributed by atoms with Gasteiger partial charge in [0, 0.05) is 62.5 Å². The SMILES string of the molecule is CC(C)CC(=O)N1CCCC(COc2ccc(Cl)cc2)(CC(=O)N2CCN(C)CC2)C1. The average molecular weight is 450 g/mol. The monoisotopic (exact) mass is 449 g/mol. The molecule has 1 aromatic carbocycles. The highest BCUT2D eigenvalue weighted by Gasteiger charge is 2.41. The van der Waals surface area contributed by atoms with Gasteiger partial charge in [-0.05, 0) is 50.1 Å². The predicted octanol–water partition coefficient (Wildman–Crippen LogP) is 3.54. The molecule has 2 saturated heterocycles. The van der Waals surface area contributed by atoms with Crippen LogP contribution in [0.4, 0.5) is 0 Å². The lowest BCUT2D eigenvalue weighted by molar-refractivity contribution is -0.142. The summed E-state index contributed by atoms with van der Waals surface area (Å²) in [6, 6.07) is 7.31.